The number of hydrogen-bond acceptors (Lipinski definition) is 3. The highest BCUT2D eigenvalue weighted by Gasteiger charge is 2.04. The Morgan fingerprint density at radius 2 is 2.00 bits per heavy atom. The number of nitrogens with zero attached hydrogens (tertiary/aromatic N) is 1. The molecular weight excluding hydrogens is 222 g/mol. The van der Waals surface area contributed by atoms with Crippen molar-refractivity contribution in [1.29, 1.82) is 0 Å². The van der Waals surface area contributed by atoms with Crippen LogP contribution >= 0.6 is 0 Å². The lowest BCUT2D eigenvalue weighted by Crippen LogP contribution is -2.17. The minimum Gasteiger partial charge on any atom is -0.396 e. The molecule has 3 heteroatoms. The van der Waals surface area contributed by atoms with E-state index in [0.717, 1.165) is 18.5 Å². The van der Waals surface area contributed by atoms with Gasteiger partial charge in [-0.1, -0.05) is 30.3 Å². The van der Waals surface area contributed by atoms with E-state index >= 15 is 0 Å². The Kier molecular flexibility index (Phi) is 4.18. The molecule has 94 valence electrons. The van der Waals surface area contributed by atoms with Crippen LogP contribution in [0.3, 0.4) is 0 Å². The van der Waals surface area contributed by atoms with Crippen molar-refractivity contribution in [2.75, 3.05) is 11.1 Å². The molecule has 0 aliphatic rings. The topological polar surface area (TPSA) is 50.9 Å². The van der Waals surface area contributed by atoms with Gasteiger partial charge >= 0.3 is 0 Å². The van der Waals surface area contributed by atoms with Gasteiger partial charge in [-0.2, -0.15) is 0 Å². The molecule has 1 aromatic heterocycles. The van der Waals surface area contributed by atoms with Crippen LogP contribution in [-0.4, -0.2) is 11.0 Å². The van der Waals surface area contributed by atoms with Gasteiger partial charge in [0.25, 0.3) is 0 Å². The molecule has 3 N–H and O–H groups in total. The van der Waals surface area contributed by atoms with Crippen molar-refractivity contribution in [3.05, 3.63) is 54.4 Å². The molecule has 0 aliphatic carbocycles. The fourth-order valence-corrected chi connectivity index (χ4v) is 1.90. The van der Waals surface area contributed by atoms with E-state index in [1.54, 1.807) is 12.4 Å². The summed E-state index contributed by atoms with van der Waals surface area (Å²) < 4.78 is 0. The number of benzene rings is 1. The van der Waals surface area contributed by atoms with Gasteiger partial charge in [-0.05, 0) is 31.4 Å². The van der Waals surface area contributed by atoms with Gasteiger partial charge in [-0.25, -0.2) is 0 Å². The Labute approximate surface area is 108 Å². The number of anilines is 2. The first-order valence-corrected chi connectivity index (χ1v) is 6.25. The van der Waals surface area contributed by atoms with Gasteiger partial charge in [0.2, 0.25) is 0 Å². The first kappa shape index (κ1) is 12.4. The van der Waals surface area contributed by atoms with Crippen LogP contribution < -0.4 is 11.1 Å². The smallest absolute Gasteiger partial charge is 0.0736 e. The lowest BCUT2D eigenvalue weighted by Gasteiger charge is -2.16. The van der Waals surface area contributed by atoms with E-state index in [1.165, 1.54) is 5.56 Å². The standard InChI is InChI=1S/C15H19N3/c1-12(7-8-13-5-3-2-4-6-13)18-15-9-10-17-11-14(15)16/h2-6,9-12H,7-8,16H2,1H3,(H,17,18). The van der Waals surface area contributed by atoms with Crippen molar-refractivity contribution < 1.29 is 0 Å². The summed E-state index contributed by atoms with van der Waals surface area (Å²) >= 11 is 0. The fourth-order valence-electron chi connectivity index (χ4n) is 1.90. The fraction of sp³-hybridized carbons (Fsp3) is 0.267. The number of nitrogens with one attached hydrogen (secondary N) is 1. The van der Waals surface area contributed by atoms with E-state index in [0.29, 0.717) is 11.7 Å². The van der Waals surface area contributed by atoms with Crippen LogP contribution in [0, 0.1) is 0 Å². The summed E-state index contributed by atoms with van der Waals surface area (Å²) in [5.41, 5.74) is 8.88. The maximum absolute atomic E-state index is 5.85. The predicted molar refractivity (Wildman–Crippen MR) is 76.5 cm³/mol. The van der Waals surface area contributed by atoms with Crippen LogP contribution in [0.15, 0.2) is 48.8 Å². The van der Waals surface area contributed by atoms with Crippen LogP contribution in [0.1, 0.15) is 18.9 Å². The highest BCUT2D eigenvalue weighted by atomic mass is 14.9. The number of rotatable bonds is 5. The zero-order chi connectivity index (χ0) is 12.8. The third-order valence-electron chi connectivity index (χ3n) is 2.96. The van der Waals surface area contributed by atoms with Crippen LogP contribution in [0.5, 0.6) is 0 Å². The highest BCUT2D eigenvalue weighted by Crippen LogP contribution is 2.17. The largest absolute Gasteiger partial charge is 0.396 e. The lowest BCUT2D eigenvalue weighted by molar-refractivity contribution is 0.706. The monoisotopic (exact) mass is 241 g/mol. The molecule has 0 saturated carbocycles. The molecule has 0 spiro atoms. The summed E-state index contributed by atoms with van der Waals surface area (Å²) in [6.45, 7) is 2.17. The predicted octanol–water partition coefficient (Wildman–Crippen LogP) is 3.10. The van der Waals surface area contributed by atoms with Crippen LogP contribution in [-0.2, 0) is 6.42 Å². The molecule has 0 saturated heterocycles. The van der Waals surface area contributed by atoms with Crippen LogP contribution in [0.4, 0.5) is 11.4 Å². The second-order valence-electron chi connectivity index (χ2n) is 4.53. The molecule has 18 heavy (non-hydrogen) atoms. The quantitative estimate of drug-likeness (QED) is 0.845. The van der Waals surface area contributed by atoms with Crippen molar-refractivity contribution in [2.45, 2.75) is 25.8 Å². The van der Waals surface area contributed by atoms with Gasteiger partial charge in [0.05, 0.1) is 17.6 Å². The first-order valence-electron chi connectivity index (χ1n) is 6.25. The number of nitrogens with two attached hydrogens (primary N) is 1. The Morgan fingerprint density at radius 1 is 1.22 bits per heavy atom. The number of nitrogen functional groups attached to an aromatic ring is 1. The zero-order valence-electron chi connectivity index (χ0n) is 10.6. The molecule has 1 aromatic carbocycles. The van der Waals surface area contributed by atoms with Gasteiger partial charge in [-0.3, -0.25) is 4.98 Å². The molecule has 0 radical (unpaired) electrons. The van der Waals surface area contributed by atoms with Gasteiger partial charge in [0.1, 0.15) is 0 Å². The van der Waals surface area contributed by atoms with E-state index in [-0.39, 0.29) is 0 Å². The lowest BCUT2D eigenvalue weighted by atomic mass is 10.1. The van der Waals surface area contributed by atoms with Crippen LogP contribution in [0.2, 0.25) is 0 Å². The van der Waals surface area contributed by atoms with Crippen molar-refractivity contribution in [3.8, 4) is 0 Å². The summed E-state index contributed by atoms with van der Waals surface area (Å²) in [6, 6.07) is 12.8. The summed E-state index contributed by atoms with van der Waals surface area (Å²) in [5.74, 6) is 0. The van der Waals surface area contributed by atoms with Crippen molar-refractivity contribution in [2.24, 2.45) is 0 Å². The van der Waals surface area contributed by atoms with E-state index in [4.69, 9.17) is 5.73 Å². The Bertz CT molecular complexity index is 482. The molecule has 3 nitrogen and oxygen atoms in total. The first-order chi connectivity index (χ1) is 8.75. The van der Waals surface area contributed by atoms with Gasteiger partial charge in [-0.15, -0.1) is 0 Å². The molecule has 0 bridgehead atoms. The van der Waals surface area contributed by atoms with Crippen LogP contribution in [0.25, 0.3) is 0 Å². The van der Waals surface area contributed by atoms with Gasteiger partial charge < -0.3 is 11.1 Å². The molecule has 2 rings (SSSR count). The summed E-state index contributed by atoms with van der Waals surface area (Å²) in [4.78, 5) is 3.98. The van der Waals surface area contributed by atoms with E-state index in [1.807, 2.05) is 12.1 Å². The number of pyridine rings is 1. The third kappa shape index (κ3) is 3.48. The van der Waals surface area contributed by atoms with Gasteiger partial charge in [0, 0.05) is 12.2 Å². The average molecular weight is 241 g/mol. The molecule has 0 fully saturated rings. The zero-order valence-corrected chi connectivity index (χ0v) is 10.6. The van der Waals surface area contributed by atoms with E-state index in [9.17, 15) is 0 Å². The van der Waals surface area contributed by atoms with E-state index < -0.39 is 0 Å². The molecule has 1 heterocycles. The molecule has 0 aliphatic heterocycles. The average Bonchev–Trinajstić information content (AvgIpc) is 2.40. The molecular formula is C15H19N3. The van der Waals surface area contributed by atoms with Crippen molar-refractivity contribution in [1.82, 2.24) is 4.98 Å². The molecule has 1 atom stereocenters. The maximum atomic E-state index is 5.85. The molecule has 0 amide bonds. The third-order valence-corrected chi connectivity index (χ3v) is 2.96. The maximum Gasteiger partial charge on any atom is 0.0736 e. The molecule has 2 aromatic rings. The summed E-state index contributed by atoms with van der Waals surface area (Å²) in [7, 11) is 0. The summed E-state index contributed by atoms with van der Waals surface area (Å²) in [6.07, 6.45) is 5.57. The minimum absolute atomic E-state index is 0.384. The number of hydrogen-bond donors (Lipinski definition) is 2. The van der Waals surface area contributed by atoms with Gasteiger partial charge in [0.15, 0.2) is 0 Å². The Morgan fingerprint density at radius 3 is 2.72 bits per heavy atom. The number of aryl methyl sites for hydroxylation is 1. The van der Waals surface area contributed by atoms with E-state index in [2.05, 4.69) is 41.5 Å². The second kappa shape index (κ2) is 6.05. The molecule has 1 unspecified atom stereocenters. The Hall–Kier alpha value is -2.03. The van der Waals surface area contributed by atoms with Crippen molar-refractivity contribution >= 4 is 11.4 Å². The highest BCUT2D eigenvalue weighted by molar-refractivity contribution is 5.64. The Balaban J connectivity index is 1.86. The second-order valence-corrected chi connectivity index (χ2v) is 4.53. The normalized spacial score (nSPS) is 12.1. The van der Waals surface area contributed by atoms with Crippen molar-refractivity contribution in [3.63, 3.8) is 0 Å². The minimum atomic E-state index is 0.384. The SMILES string of the molecule is CC(CCc1ccccc1)Nc1ccncc1N. The number of aromatic nitrogens is 1. The summed E-state index contributed by atoms with van der Waals surface area (Å²) in [5, 5.41) is 3.42.